The molecule has 3 rings (SSSR count). The molecule has 1 aliphatic carbocycles. The molecule has 0 atom stereocenters. The Morgan fingerprint density at radius 1 is 1.32 bits per heavy atom. The van der Waals surface area contributed by atoms with E-state index in [1.54, 1.807) is 18.2 Å². The molecule has 0 aliphatic heterocycles. The van der Waals surface area contributed by atoms with E-state index in [2.05, 4.69) is 10.3 Å². The number of sulfone groups is 1. The van der Waals surface area contributed by atoms with Crippen molar-refractivity contribution < 1.29 is 13.2 Å². The summed E-state index contributed by atoms with van der Waals surface area (Å²) < 4.78 is 23.9. The molecule has 1 heterocycles. The molecule has 1 amide bonds. The fourth-order valence-corrected chi connectivity index (χ4v) is 4.44. The van der Waals surface area contributed by atoms with Crippen molar-refractivity contribution in [1.82, 2.24) is 4.98 Å². The maximum absolute atomic E-state index is 12.4. The zero-order valence-corrected chi connectivity index (χ0v) is 14.2. The summed E-state index contributed by atoms with van der Waals surface area (Å²) in [6.07, 6.45) is 5.16. The monoisotopic (exact) mass is 338 g/mol. The number of fused-ring (bicyclic) bond motifs is 1. The van der Waals surface area contributed by atoms with E-state index in [1.807, 2.05) is 6.92 Å². The molecule has 0 bridgehead atoms. The van der Waals surface area contributed by atoms with Crippen LogP contribution in [0.1, 0.15) is 32.6 Å². The van der Waals surface area contributed by atoms with Crippen LogP contribution in [0.4, 0.5) is 5.13 Å². The first-order valence-corrected chi connectivity index (χ1v) is 9.91. The minimum Gasteiger partial charge on any atom is -0.301 e. The van der Waals surface area contributed by atoms with E-state index in [-0.39, 0.29) is 16.2 Å². The van der Waals surface area contributed by atoms with Crippen LogP contribution in [0.3, 0.4) is 0 Å². The van der Waals surface area contributed by atoms with Crippen LogP contribution >= 0.6 is 11.3 Å². The molecular weight excluding hydrogens is 320 g/mol. The molecule has 1 N–H and O–H groups in total. The molecule has 1 fully saturated rings. The van der Waals surface area contributed by atoms with Crippen LogP contribution in [0.25, 0.3) is 10.2 Å². The Morgan fingerprint density at radius 3 is 2.64 bits per heavy atom. The van der Waals surface area contributed by atoms with Crippen LogP contribution in [0, 0.1) is 5.41 Å². The van der Waals surface area contributed by atoms with E-state index < -0.39 is 9.84 Å². The van der Waals surface area contributed by atoms with E-state index >= 15 is 0 Å². The summed E-state index contributed by atoms with van der Waals surface area (Å²) in [6.45, 7) is 1.99. The minimum atomic E-state index is -3.24. The van der Waals surface area contributed by atoms with Crippen molar-refractivity contribution in [2.75, 3.05) is 11.6 Å². The van der Waals surface area contributed by atoms with Gasteiger partial charge in [-0.15, -0.1) is 0 Å². The molecule has 0 unspecified atom stereocenters. The van der Waals surface area contributed by atoms with Gasteiger partial charge in [-0.3, -0.25) is 4.79 Å². The third kappa shape index (κ3) is 2.87. The maximum atomic E-state index is 12.4. The van der Waals surface area contributed by atoms with Gasteiger partial charge in [0.15, 0.2) is 15.0 Å². The van der Waals surface area contributed by atoms with Crippen molar-refractivity contribution in [3.05, 3.63) is 18.2 Å². The number of nitrogens with zero attached hydrogens (tertiary/aromatic N) is 1. The Morgan fingerprint density at radius 2 is 2.00 bits per heavy atom. The lowest BCUT2D eigenvalue weighted by atomic mass is 9.88. The molecule has 0 radical (unpaired) electrons. The molecule has 7 heteroatoms. The lowest BCUT2D eigenvalue weighted by molar-refractivity contribution is -0.124. The van der Waals surface area contributed by atoms with Gasteiger partial charge in [0, 0.05) is 11.7 Å². The highest BCUT2D eigenvalue weighted by Gasteiger charge is 2.36. The molecule has 1 aliphatic rings. The number of thiazole rings is 1. The van der Waals surface area contributed by atoms with Crippen molar-refractivity contribution in [3.8, 4) is 0 Å². The maximum Gasteiger partial charge on any atom is 0.232 e. The third-order valence-corrected chi connectivity index (χ3v) is 6.31. The van der Waals surface area contributed by atoms with Crippen molar-refractivity contribution >= 4 is 42.4 Å². The first kappa shape index (κ1) is 15.4. The smallest absolute Gasteiger partial charge is 0.232 e. The Hall–Kier alpha value is -1.47. The second-order valence-electron chi connectivity index (χ2n) is 6.14. The molecule has 1 aromatic heterocycles. The van der Waals surface area contributed by atoms with Crippen molar-refractivity contribution in [2.24, 2.45) is 5.41 Å². The number of carbonyl (C=O) groups is 1. The number of carbonyl (C=O) groups excluding carboxylic acids is 1. The fraction of sp³-hybridized carbons (Fsp3) is 0.467. The van der Waals surface area contributed by atoms with Crippen LogP contribution < -0.4 is 5.32 Å². The minimum absolute atomic E-state index is 0.00685. The van der Waals surface area contributed by atoms with Crippen LogP contribution in [-0.2, 0) is 14.6 Å². The Bertz CT molecular complexity index is 834. The van der Waals surface area contributed by atoms with Crippen molar-refractivity contribution in [3.63, 3.8) is 0 Å². The van der Waals surface area contributed by atoms with E-state index in [1.165, 1.54) is 17.6 Å². The SMILES string of the molecule is CC1(C(=O)Nc2nc3ccc(S(C)(=O)=O)cc3s2)CCCC1. The summed E-state index contributed by atoms with van der Waals surface area (Å²) in [5.41, 5.74) is 0.389. The standard InChI is InChI=1S/C15H18N2O3S2/c1-15(7-3-4-8-15)13(18)17-14-16-11-6-5-10(22(2,19)20)9-12(11)21-14/h5-6,9H,3-4,7-8H2,1-2H3,(H,16,17,18). The topological polar surface area (TPSA) is 76.1 Å². The number of amides is 1. The van der Waals surface area contributed by atoms with Gasteiger partial charge < -0.3 is 5.32 Å². The van der Waals surface area contributed by atoms with Crippen LogP contribution in [0.2, 0.25) is 0 Å². The highest BCUT2D eigenvalue weighted by Crippen LogP contribution is 2.39. The largest absolute Gasteiger partial charge is 0.301 e. The van der Waals surface area contributed by atoms with Gasteiger partial charge in [-0.25, -0.2) is 13.4 Å². The van der Waals surface area contributed by atoms with Crippen molar-refractivity contribution in [2.45, 2.75) is 37.5 Å². The summed E-state index contributed by atoms with van der Waals surface area (Å²) in [6, 6.07) is 4.83. The molecule has 118 valence electrons. The molecule has 5 nitrogen and oxygen atoms in total. The number of rotatable bonds is 3. The summed E-state index contributed by atoms with van der Waals surface area (Å²) in [7, 11) is -3.24. The molecule has 22 heavy (non-hydrogen) atoms. The highest BCUT2D eigenvalue weighted by molar-refractivity contribution is 7.90. The highest BCUT2D eigenvalue weighted by atomic mass is 32.2. The Labute approximate surface area is 133 Å². The first-order valence-electron chi connectivity index (χ1n) is 7.20. The van der Waals surface area contributed by atoms with Crippen molar-refractivity contribution in [1.29, 1.82) is 0 Å². The first-order chi connectivity index (χ1) is 10.3. The summed E-state index contributed by atoms with van der Waals surface area (Å²) in [5, 5.41) is 3.42. The summed E-state index contributed by atoms with van der Waals surface area (Å²) in [5.74, 6) is 0.00685. The van der Waals surface area contributed by atoms with Gasteiger partial charge in [-0.05, 0) is 31.0 Å². The molecule has 1 aromatic carbocycles. The predicted molar refractivity (Wildman–Crippen MR) is 87.9 cm³/mol. The van der Waals surface area contributed by atoms with E-state index in [0.29, 0.717) is 10.6 Å². The fourth-order valence-electron chi connectivity index (χ4n) is 2.82. The van der Waals surface area contributed by atoms with Crippen LogP contribution in [0.15, 0.2) is 23.1 Å². The number of hydrogen-bond acceptors (Lipinski definition) is 5. The van der Waals surface area contributed by atoms with Gasteiger partial charge in [0.1, 0.15) is 0 Å². The zero-order valence-electron chi connectivity index (χ0n) is 12.5. The number of benzene rings is 1. The molecule has 1 saturated carbocycles. The summed E-state index contributed by atoms with van der Waals surface area (Å²) >= 11 is 1.31. The van der Waals surface area contributed by atoms with Crippen LogP contribution in [0.5, 0.6) is 0 Å². The average molecular weight is 338 g/mol. The summed E-state index contributed by atoms with van der Waals surface area (Å²) in [4.78, 5) is 17.0. The van der Waals surface area contributed by atoms with Gasteiger partial charge in [0.2, 0.25) is 5.91 Å². The van der Waals surface area contributed by atoms with Gasteiger partial charge in [0.05, 0.1) is 15.1 Å². The number of anilines is 1. The third-order valence-electron chi connectivity index (χ3n) is 4.26. The van der Waals surface area contributed by atoms with Gasteiger partial charge >= 0.3 is 0 Å². The normalized spacial score (nSPS) is 17.7. The molecular formula is C15H18N2O3S2. The lowest BCUT2D eigenvalue weighted by Crippen LogP contribution is -2.30. The van der Waals surface area contributed by atoms with Crippen LogP contribution in [-0.4, -0.2) is 25.6 Å². The second kappa shape index (κ2) is 5.31. The van der Waals surface area contributed by atoms with E-state index in [0.717, 1.165) is 30.4 Å². The second-order valence-corrected chi connectivity index (χ2v) is 9.19. The Balaban J connectivity index is 1.88. The van der Waals surface area contributed by atoms with Gasteiger partial charge in [-0.2, -0.15) is 0 Å². The number of nitrogens with one attached hydrogen (secondary N) is 1. The molecule has 0 saturated heterocycles. The zero-order chi connectivity index (χ0) is 16.0. The average Bonchev–Trinajstić information content (AvgIpc) is 3.03. The van der Waals surface area contributed by atoms with E-state index in [4.69, 9.17) is 0 Å². The van der Waals surface area contributed by atoms with Gasteiger partial charge in [-0.1, -0.05) is 31.1 Å². The molecule has 2 aromatic rings. The predicted octanol–water partition coefficient (Wildman–Crippen LogP) is 3.22. The molecule has 0 spiro atoms. The van der Waals surface area contributed by atoms with Gasteiger partial charge in [0.25, 0.3) is 0 Å². The number of hydrogen-bond donors (Lipinski definition) is 1. The van der Waals surface area contributed by atoms with E-state index in [9.17, 15) is 13.2 Å². The lowest BCUT2D eigenvalue weighted by Gasteiger charge is -2.21. The Kier molecular flexibility index (Phi) is 3.72. The quantitative estimate of drug-likeness (QED) is 0.932. The number of aromatic nitrogens is 1.